The summed E-state index contributed by atoms with van der Waals surface area (Å²) < 4.78 is 4.55. The number of amides is 1. The molecule has 7 nitrogen and oxygen atoms in total. The lowest BCUT2D eigenvalue weighted by Crippen LogP contribution is -2.12. The zero-order valence-corrected chi connectivity index (χ0v) is 11.1. The molecule has 0 spiro atoms. The molecule has 108 valence electrons. The van der Waals surface area contributed by atoms with Crippen LogP contribution in [0.3, 0.4) is 0 Å². The summed E-state index contributed by atoms with van der Waals surface area (Å²) >= 11 is 0. The summed E-state index contributed by atoms with van der Waals surface area (Å²) in [5.41, 5.74) is 0.646. The Morgan fingerprint density at radius 1 is 1.25 bits per heavy atom. The number of rotatable bonds is 7. The quantitative estimate of drug-likeness (QED) is 0.578. The average Bonchev–Trinajstić information content (AvgIpc) is 2.43. The van der Waals surface area contributed by atoms with E-state index < -0.39 is 11.9 Å². The molecule has 7 heteroatoms. The first-order chi connectivity index (χ1) is 9.52. The molecule has 1 amide bonds. The second kappa shape index (κ2) is 7.88. The lowest BCUT2D eigenvalue weighted by molar-refractivity contribution is -0.137. The first-order valence-electron chi connectivity index (χ1n) is 6.08. The third kappa shape index (κ3) is 5.47. The van der Waals surface area contributed by atoms with E-state index >= 15 is 0 Å². The van der Waals surface area contributed by atoms with Gasteiger partial charge >= 0.3 is 11.9 Å². The SMILES string of the molecule is COC(=O)c1cncc(NC(=O)CCCCC(=O)O)c1. The third-order valence-electron chi connectivity index (χ3n) is 2.49. The van der Waals surface area contributed by atoms with Gasteiger partial charge in [-0.2, -0.15) is 0 Å². The molecule has 0 bridgehead atoms. The number of aromatic nitrogens is 1. The van der Waals surface area contributed by atoms with Gasteiger partial charge in [0, 0.05) is 19.0 Å². The van der Waals surface area contributed by atoms with Crippen LogP contribution in [0.2, 0.25) is 0 Å². The number of ether oxygens (including phenoxy) is 1. The van der Waals surface area contributed by atoms with E-state index in [9.17, 15) is 14.4 Å². The molecule has 0 saturated heterocycles. The molecule has 0 aliphatic heterocycles. The summed E-state index contributed by atoms with van der Waals surface area (Å²) in [4.78, 5) is 37.0. The van der Waals surface area contributed by atoms with Gasteiger partial charge in [-0.3, -0.25) is 14.6 Å². The van der Waals surface area contributed by atoms with Crippen molar-refractivity contribution in [1.82, 2.24) is 4.98 Å². The Kier molecular flexibility index (Phi) is 6.15. The van der Waals surface area contributed by atoms with E-state index in [0.29, 0.717) is 18.5 Å². The summed E-state index contributed by atoms with van der Waals surface area (Å²) in [5, 5.41) is 11.1. The highest BCUT2D eigenvalue weighted by Crippen LogP contribution is 2.10. The topological polar surface area (TPSA) is 106 Å². The largest absolute Gasteiger partial charge is 0.481 e. The maximum Gasteiger partial charge on any atom is 0.339 e. The van der Waals surface area contributed by atoms with E-state index in [2.05, 4.69) is 15.0 Å². The highest BCUT2D eigenvalue weighted by Gasteiger charge is 2.08. The fraction of sp³-hybridized carbons (Fsp3) is 0.385. The van der Waals surface area contributed by atoms with Gasteiger partial charge in [0.25, 0.3) is 0 Å². The van der Waals surface area contributed by atoms with Crippen LogP contribution in [0.5, 0.6) is 0 Å². The monoisotopic (exact) mass is 280 g/mol. The second-order valence-electron chi connectivity index (χ2n) is 4.10. The summed E-state index contributed by atoms with van der Waals surface area (Å²) in [5.74, 6) is -1.66. The Hall–Kier alpha value is -2.44. The molecule has 1 aromatic rings. The van der Waals surface area contributed by atoms with E-state index in [1.54, 1.807) is 0 Å². The molecule has 0 saturated carbocycles. The number of nitrogens with one attached hydrogen (secondary N) is 1. The van der Waals surface area contributed by atoms with Gasteiger partial charge in [-0.1, -0.05) is 0 Å². The Morgan fingerprint density at radius 2 is 1.95 bits per heavy atom. The predicted molar refractivity (Wildman–Crippen MR) is 70.3 cm³/mol. The molecular formula is C13H16N2O5. The molecule has 1 rings (SSSR count). The van der Waals surface area contributed by atoms with Gasteiger partial charge in [-0.15, -0.1) is 0 Å². The molecule has 0 aromatic carbocycles. The molecule has 20 heavy (non-hydrogen) atoms. The van der Waals surface area contributed by atoms with Crippen LogP contribution < -0.4 is 5.32 Å². The van der Waals surface area contributed by atoms with E-state index in [1.165, 1.54) is 25.6 Å². The molecule has 2 N–H and O–H groups in total. The van der Waals surface area contributed by atoms with E-state index in [4.69, 9.17) is 5.11 Å². The van der Waals surface area contributed by atoms with Crippen molar-refractivity contribution in [1.29, 1.82) is 0 Å². The maximum atomic E-state index is 11.6. The molecule has 0 fully saturated rings. The van der Waals surface area contributed by atoms with Gasteiger partial charge in [0.1, 0.15) is 0 Å². The van der Waals surface area contributed by atoms with E-state index in [-0.39, 0.29) is 24.3 Å². The van der Waals surface area contributed by atoms with Crippen molar-refractivity contribution >= 4 is 23.5 Å². The number of methoxy groups -OCH3 is 1. The lowest BCUT2D eigenvalue weighted by atomic mass is 10.2. The normalized spacial score (nSPS) is 9.85. The van der Waals surface area contributed by atoms with Gasteiger partial charge in [-0.05, 0) is 18.9 Å². The van der Waals surface area contributed by atoms with E-state index in [0.717, 1.165) is 0 Å². The van der Waals surface area contributed by atoms with Crippen molar-refractivity contribution in [2.45, 2.75) is 25.7 Å². The number of carboxylic acid groups (broad SMARTS) is 1. The van der Waals surface area contributed by atoms with Crippen molar-refractivity contribution in [3.8, 4) is 0 Å². The highest BCUT2D eigenvalue weighted by molar-refractivity contribution is 5.94. The van der Waals surface area contributed by atoms with Crippen LogP contribution in [0.1, 0.15) is 36.0 Å². The first-order valence-corrected chi connectivity index (χ1v) is 6.08. The molecule has 0 radical (unpaired) electrons. The van der Waals surface area contributed by atoms with Crippen molar-refractivity contribution in [3.63, 3.8) is 0 Å². The lowest BCUT2D eigenvalue weighted by Gasteiger charge is -2.06. The van der Waals surface area contributed by atoms with Gasteiger partial charge in [0.05, 0.1) is 24.6 Å². The van der Waals surface area contributed by atoms with Crippen LogP contribution >= 0.6 is 0 Å². The number of nitrogens with zero attached hydrogens (tertiary/aromatic N) is 1. The number of esters is 1. The summed E-state index contributed by atoms with van der Waals surface area (Å²) in [7, 11) is 1.26. The highest BCUT2D eigenvalue weighted by atomic mass is 16.5. The average molecular weight is 280 g/mol. The minimum Gasteiger partial charge on any atom is -0.481 e. The van der Waals surface area contributed by atoms with Crippen molar-refractivity contribution in [2.24, 2.45) is 0 Å². The fourth-order valence-corrected chi connectivity index (χ4v) is 1.52. The summed E-state index contributed by atoms with van der Waals surface area (Å²) in [6.45, 7) is 0. The molecule has 1 aromatic heterocycles. The number of anilines is 1. The first kappa shape index (κ1) is 15.6. The number of aliphatic carboxylic acids is 1. The number of pyridine rings is 1. The van der Waals surface area contributed by atoms with Crippen LogP contribution in [-0.2, 0) is 14.3 Å². The Bertz CT molecular complexity index is 501. The van der Waals surface area contributed by atoms with Gasteiger partial charge < -0.3 is 15.2 Å². The molecule has 0 aliphatic carbocycles. The fourth-order valence-electron chi connectivity index (χ4n) is 1.52. The predicted octanol–water partition coefficient (Wildman–Crippen LogP) is 1.45. The number of hydrogen-bond acceptors (Lipinski definition) is 5. The molecular weight excluding hydrogens is 264 g/mol. The molecule has 0 unspecified atom stereocenters. The Balaban J connectivity index is 2.45. The summed E-state index contributed by atoms with van der Waals surface area (Å²) in [6, 6.07) is 1.47. The van der Waals surface area contributed by atoms with Gasteiger partial charge in [-0.25, -0.2) is 4.79 Å². The second-order valence-corrected chi connectivity index (χ2v) is 4.10. The minimum atomic E-state index is -0.875. The minimum absolute atomic E-state index is 0.0483. The summed E-state index contributed by atoms with van der Waals surface area (Å²) in [6.07, 6.45) is 3.96. The number of carbonyl (C=O) groups is 3. The van der Waals surface area contributed by atoms with Gasteiger partial charge in [0.2, 0.25) is 5.91 Å². The van der Waals surface area contributed by atoms with Crippen LogP contribution in [-0.4, -0.2) is 35.0 Å². The molecule has 0 atom stereocenters. The number of carbonyl (C=O) groups excluding carboxylic acids is 2. The zero-order chi connectivity index (χ0) is 15.0. The maximum absolute atomic E-state index is 11.6. The Morgan fingerprint density at radius 3 is 2.60 bits per heavy atom. The van der Waals surface area contributed by atoms with E-state index in [1.807, 2.05) is 0 Å². The van der Waals surface area contributed by atoms with Crippen LogP contribution in [0.4, 0.5) is 5.69 Å². The smallest absolute Gasteiger partial charge is 0.339 e. The molecule has 0 aliphatic rings. The van der Waals surface area contributed by atoms with Crippen molar-refractivity contribution in [3.05, 3.63) is 24.0 Å². The van der Waals surface area contributed by atoms with Crippen LogP contribution in [0.15, 0.2) is 18.5 Å². The number of hydrogen-bond donors (Lipinski definition) is 2. The number of carboxylic acids is 1. The van der Waals surface area contributed by atoms with Crippen LogP contribution in [0, 0.1) is 0 Å². The Labute approximate surface area is 116 Å². The zero-order valence-electron chi connectivity index (χ0n) is 11.1. The van der Waals surface area contributed by atoms with Gasteiger partial charge in [0.15, 0.2) is 0 Å². The standard InChI is InChI=1S/C13H16N2O5/c1-20-13(19)9-6-10(8-14-7-9)15-11(16)4-2-3-5-12(17)18/h6-8H,2-5H2,1H3,(H,15,16)(H,17,18). The van der Waals surface area contributed by atoms with Crippen molar-refractivity contribution < 1.29 is 24.2 Å². The third-order valence-corrected chi connectivity index (χ3v) is 2.49. The van der Waals surface area contributed by atoms with Crippen LogP contribution in [0.25, 0.3) is 0 Å². The number of unbranched alkanes of at least 4 members (excludes halogenated alkanes) is 1. The van der Waals surface area contributed by atoms with Crippen molar-refractivity contribution in [2.75, 3.05) is 12.4 Å². The molecule has 1 heterocycles.